The number of carbonyl (C=O) groups is 2. The standard InChI is InChI=1S/C21H20Cl2N4O2S/c22-16-8-3-1-6-14(16)12-26-20(29)24-10-5-11-25-21-27-13-18(30-21)19(28)15-7-2-4-9-17(15)23/h1-4,6-9,13H,5,10-12H2,(H,25,27)(H2,24,26,29). The second-order valence-corrected chi connectivity index (χ2v) is 8.16. The van der Waals surface area contributed by atoms with Crippen LogP contribution in [0.1, 0.15) is 27.2 Å². The van der Waals surface area contributed by atoms with Crippen LogP contribution in [0, 0.1) is 0 Å². The quantitative estimate of drug-likeness (QED) is 0.309. The Kier molecular flexibility index (Phi) is 8.07. The normalized spacial score (nSPS) is 10.5. The van der Waals surface area contributed by atoms with Gasteiger partial charge in [-0.3, -0.25) is 4.79 Å². The van der Waals surface area contributed by atoms with E-state index in [1.165, 1.54) is 11.3 Å². The Balaban J connectivity index is 1.36. The number of anilines is 1. The van der Waals surface area contributed by atoms with Gasteiger partial charge in [-0.2, -0.15) is 0 Å². The molecule has 0 aliphatic rings. The molecule has 0 aliphatic carbocycles. The van der Waals surface area contributed by atoms with Crippen LogP contribution in [0.4, 0.5) is 9.93 Å². The summed E-state index contributed by atoms with van der Waals surface area (Å²) >= 11 is 13.4. The number of halogens is 2. The van der Waals surface area contributed by atoms with Crippen LogP contribution >= 0.6 is 34.5 Å². The number of nitrogens with one attached hydrogen (secondary N) is 3. The number of carbonyl (C=O) groups excluding carboxylic acids is 2. The number of aromatic nitrogens is 1. The van der Waals surface area contributed by atoms with Gasteiger partial charge in [0.05, 0.1) is 16.1 Å². The number of benzene rings is 2. The summed E-state index contributed by atoms with van der Waals surface area (Å²) in [6.45, 7) is 1.47. The van der Waals surface area contributed by atoms with Gasteiger partial charge < -0.3 is 16.0 Å². The summed E-state index contributed by atoms with van der Waals surface area (Å²) in [5.74, 6) is -0.150. The third-order valence-electron chi connectivity index (χ3n) is 4.16. The molecule has 0 spiro atoms. The van der Waals surface area contributed by atoms with Crippen molar-refractivity contribution in [3.8, 4) is 0 Å². The van der Waals surface area contributed by atoms with Crippen molar-refractivity contribution in [3.63, 3.8) is 0 Å². The van der Waals surface area contributed by atoms with E-state index in [1.54, 1.807) is 36.5 Å². The summed E-state index contributed by atoms with van der Waals surface area (Å²) in [6, 6.07) is 14.1. The highest BCUT2D eigenvalue weighted by Gasteiger charge is 2.15. The molecular weight excluding hydrogens is 443 g/mol. The highest BCUT2D eigenvalue weighted by Crippen LogP contribution is 2.24. The van der Waals surface area contributed by atoms with Crippen LogP contribution in [0.25, 0.3) is 0 Å². The zero-order chi connectivity index (χ0) is 21.3. The summed E-state index contributed by atoms with van der Waals surface area (Å²) < 4.78 is 0. The van der Waals surface area contributed by atoms with Gasteiger partial charge in [-0.05, 0) is 30.2 Å². The Labute approximate surface area is 188 Å². The van der Waals surface area contributed by atoms with Crippen LogP contribution in [0.3, 0.4) is 0 Å². The third-order valence-corrected chi connectivity index (χ3v) is 5.81. The highest BCUT2D eigenvalue weighted by atomic mass is 35.5. The Morgan fingerprint density at radius 3 is 2.43 bits per heavy atom. The van der Waals surface area contributed by atoms with Gasteiger partial charge in [-0.1, -0.05) is 64.9 Å². The summed E-state index contributed by atoms with van der Waals surface area (Å²) in [4.78, 5) is 29.1. The molecule has 3 aromatic rings. The number of urea groups is 1. The first kappa shape index (κ1) is 22.1. The van der Waals surface area contributed by atoms with Crippen molar-refractivity contribution in [1.82, 2.24) is 15.6 Å². The molecule has 0 radical (unpaired) electrons. The molecule has 30 heavy (non-hydrogen) atoms. The van der Waals surface area contributed by atoms with Gasteiger partial charge in [0.1, 0.15) is 0 Å². The van der Waals surface area contributed by atoms with Gasteiger partial charge in [-0.15, -0.1) is 0 Å². The second kappa shape index (κ2) is 11.0. The van der Waals surface area contributed by atoms with Crippen LogP contribution in [-0.2, 0) is 6.54 Å². The molecule has 0 saturated carbocycles. The molecule has 0 atom stereocenters. The lowest BCUT2D eigenvalue weighted by Crippen LogP contribution is -2.36. The summed E-state index contributed by atoms with van der Waals surface area (Å²) in [6.07, 6.45) is 2.24. The molecule has 2 aromatic carbocycles. The molecule has 3 rings (SSSR count). The largest absolute Gasteiger partial charge is 0.361 e. The second-order valence-electron chi connectivity index (χ2n) is 6.32. The van der Waals surface area contributed by atoms with Crippen molar-refractivity contribution in [3.05, 3.63) is 80.8 Å². The van der Waals surface area contributed by atoms with Gasteiger partial charge in [0, 0.05) is 30.2 Å². The lowest BCUT2D eigenvalue weighted by Gasteiger charge is -2.09. The lowest BCUT2D eigenvalue weighted by molar-refractivity contribution is 0.104. The SMILES string of the molecule is O=C(NCCCNc1ncc(C(=O)c2ccccc2Cl)s1)NCc1ccccc1Cl. The van der Waals surface area contributed by atoms with E-state index < -0.39 is 0 Å². The Hall–Kier alpha value is -2.61. The highest BCUT2D eigenvalue weighted by molar-refractivity contribution is 7.17. The summed E-state index contributed by atoms with van der Waals surface area (Å²) in [5.41, 5.74) is 1.32. The van der Waals surface area contributed by atoms with E-state index in [4.69, 9.17) is 23.2 Å². The molecule has 0 saturated heterocycles. The number of ketones is 1. The van der Waals surface area contributed by atoms with Crippen molar-refractivity contribution >= 4 is 51.5 Å². The van der Waals surface area contributed by atoms with Gasteiger partial charge >= 0.3 is 6.03 Å². The monoisotopic (exact) mass is 462 g/mol. The number of amides is 2. The fourth-order valence-corrected chi connectivity index (χ4v) is 3.82. The van der Waals surface area contributed by atoms with Crippen molar-refractivity contribution in [2.24, 2.45) is 0 Å². The maximum atomic E-state index is 12.5. The Morgan fingerprint density at radius 2 is 1.67 bits per heavy atom. The van der Waals surface area contributed by atoms with Gasteiger partial charge in [0.2, 0.25) is 5.78 Å². The minimum absolute atomic E-state index is 0.150. The van der Waals surface area contributed by atoms with Gasteiger partial charge in [0.25, 0.3) is 0 Å². The molecule has 3 N–H and O–H groups in total. The number of hydrogen-bond donors (Lipinski definition) is 3. The molecule has 156 valence electrons. The fraction of sp³-hybridized carbons (Fsp3) is 0.190. The molecule has 0 aliphatic heterocycles. The summed E-state index contributed by atoms with van der Waals surface area (Å²) in [5, 5.41) is 10.4. The summed E-state index contributed by atoms with van der Waals surface area (Å²) in [7, 11) is 0. The first-order valence-electron chi connectivity index (χ1n) is 9.28. The minimum Gasteiger partial charge on any atom is -0.361 e. The van der Waals surface area contributed by atoms with Gasteiger partial charge in [0.15, 0.2) is 5.13 Å². The first-order valence-corrected chi connectivity index (χ1v) is 10.9. The molecular formula is C21H20Cl2N4O2S. The molecule has 2 amide bonds. The smallest absolute Gasteiger partial charge is 0.315 e. The number of hydrogen-bond acceptors (Lipinski definition) is 5. The van der Waals surface area contributed by atoms with Gasteiger partial charge in [-0.25, -0.2) is 9.78 Å². The molecule has 1 aromatic heterocycles. The zero-order valence-corrected chi connectivity index (χ0v) is 18.3. The maximum absolute atomic E-state index is 12.5. The number of thiazole rings is 1. The predicted octanol–water partition coefficient (Wildman–Crippen LogP) is 4.98. The fourth-order valence-electron chi connectivity index (χ4n) is 2.60. The predicted molar refractivity (Wildman–Crippen MR) is 122 cm³/mol. The molecule has 0 fully saturated rings. The van der Waals surface area contributed by atoms with Crippen LogP contribution in [0.5, 0.6) is 0 Å². The lowest BCUT2D eigenvalue weighted by atomic mass is 10.1. The average Bonchev–Trinajstić information content (AvgIpc) is 3.22. The van der Waals surface area contributed by atoms with E-state index in [-0.39, 0.29) is 11.8 Å². The number of rotatable bonds is 9. The average molecular weight is 463 g/mol. The van der Waals surface area contributed by atoms with E-state index >= 15 is 0 Å². The number of nitrogens with zero attached hydrogens (tertiary/aromatic N) is 1. The molecule has 0 unspecified atom stereocenters. The van der Waals surface area contributed by atoms with Crippen LogP contribution in [0.2, 0.25) is 10.0 Å². The van der Waals surface area contributed by atoms with E-state index in [1.807, 2.05) is 18.2 Å². The van der Waals surface area contributed by atoms with E-state index in [9.17, 15) is 9.59 Å². The maximum Gasteiger partial charge on any atom is 0.315 e. The Morgan fingerprint density at radius 1 is 0.933 bits per heavy atom. The van der Waals surface area contributed by atoms with Crippen molar-refractivity contribution in [2.45, 2.75) is 13.0 Å². The minimum atomic E-state index is -0.253. The van der Waals surface area contributed by atoms with Crippen molar-refractivity contribution in [1.29, 1.82) is 0 Å². The van der Waals surface area contributed by atoms with E-state index in [0.717, 1.165) is 5.56 Å². The molecule has 6 nitrogen and oxygen atoms in total. The Bertz CT molecular complexity index is 1030. The zero-order valence-electron chi connectivity index (χ0n) is 16.0. The molecule has 0 bridgehead atoms. The van der Waals surface area contributed by atoms with Crippen molar-refractivity contribution in [2.75, 3.05) is 18.4 Å². The van der Waals surface area contributed by atoms with Crippen LogP contribution in [0.15, 0.2) is 54.7 Å². The van der Waals surface area contributed by atoms with E-state index in [0.29, 0.717) is 51.7 Å². The first-order chi connectivity index (χ1) is 14.5. The van der Waals surface area contributed by atoms with Crippen LogP contribution < -0.4 is 16.0 Å². The van der Waals surface area contributed by atoms with Crippen molar-refractivity contribution < 1.29 is 9.59 Å². The topological polar surface area (TPSA) is 83.1 Å². The van der Waals surface area contributed by atoms with Crippen LogP contribution in [-0.4, -0.2) is 29.9 Å². The molecule has 9 heteroatoms. The third kappa shape index (κ3) is 6.19. The molecule has 1 heterocycles. The van der Waals surface area contributed by atoms with E-state index in [2.05, 4.69) is 20.9 Å².